The van der Waals surface area contributed by atoms with Gasteiger partial charge in [0.15, 0.2) is 0 Å². The average molecular weight is 392 g/mol. The molecule has 0 radical (unpaired) electrons. The van der Waals surface area contributed by atoms with Crippen LogP contribution in [0.5, 0.6) is 0 Å². The Morgan fingerprint density at radius 1 is 1.14 bits per heavy atom. The monoisotopic (exact) mass is 392 g/mol. The highest BCUT2D eigenvalue weighted by Gasteiger charge is 2.54. The lowest BCUT2D eigenvalue weighted by Crippen LogP contribution is -2.57. The topological polar surface area (TPSA) is 49.9 Å². The van der Waals surface area contributed by atoms with Gasteiger partial charge in [-0.05, 0) is 56.6 Å². The van der Waals surface area contributed by atoms with E-state index in [-0.39, 0.29) is 18.1 Å². The van der Waals surface area contributed by atoms with Crippen molar-refractivity contribution in [3.8, 4) is 0 Å². The first-order valence-electron chi connectivity index (χ1n) is 10.1. The molecule has 0 unspecified atom stereocenters. The van der Waals surface area contributed by atoms with E-state index in [1.807, 2.05) is 0 Å². The molecule has 7 heteroatoms. The summed E-state index contributed by atoms with van der Waals surface area (Å²) in [5.74, 6) is -1.87. The minimum atomic E-state index is -0.913. The molecule has 1 aromatic rings. The van der Waals surface area contributed by atoms with Crippen LogP contribution in [-0.2, 0) is 9.53 Å². The van der Waals surface area contributed by atoms with Crippen molar-refractivity contribution in [2.75, 3.05) is 19.7 Å². The summed E-state index contributed by atoms with van der Waals surface area (Å²) in [5.41, 5.74) is -1.10. The molecule has 0 N–H and O–H groups in total. The largest absolute Gasteiger partial charge is 0.353 e. The number of likely N-dealkylation sites (tertiary alicyclic amines) is 1. The Morgan fingerprint density at radius 3 is 2.46 bits per heavy atom. The van der Waals surface area contributed by atoms with Gasteiger partial charge in [0.05, 0.1) is 12.2 Å². The van der Waals surface area contributed by atoms with Gasteiger partial charge in [0.2, 0.25) is 5.91 Å². The minimum absolute atomic E-state index is 0.123. The van der Waals surface area contributed by atoms with Gasteiger partial charge in [0.25, 0.3) is 5.91 Å². The fourth-order valence-electron chi connectivity index (χ4n) is 4.71. The van der Waals surface area contributed by atoms with E-state index in [1.165, 1.54) is 4.90 Å². The summed E-state index contributed by atoms with van der Waals surface area (Å²) in [7, 11) is 0. The second-order valence-corrected chi connectivity index (χ2v) is 8.29. The summed E-state index contributed by atoms with van der Waals surface area (Å²) in [6.45, 7) is 3.62. The zero-order chi connectivity index (χ0) is 19.9. The molecule has 2 heterocycles. The molecule has 3 aliphatic rings. The highest BCUT2D eigenvalue weighted by Crippen LogP contribution is 2.43. The van der Waals surface area contributed by atoms with Gasteiger partial charge in [-0.25, -0.2) is 8.78 Å². The van der Waals surface area contributed by atoms with Crippen LogP contribution in [0.1, 0.15) is 55.8 Å². The van der Waals surface area contributed by atoms with E-state index in [0.29, 0.717) is 37.9 Å². The quantitative estimate of drug-likeness (QED) is 0.776. The molecular formula is C21H26F2N2O3. The van der Waals surface area contributed by atoms with Crippen LogP contribution in [0.3, 0.4) is 0 Å². The Labute approximate surface area is 163 Å². The Kier molecular flexibility index (Phi) is 5.12. The van der Waals surface area contributed by atoms with Crippen LogP contribution >= 0.6 is 0 Å². The van der Waals surface area contributed by atoms with Gasteiger partial charge in [0.1, 0.15) is 23.4 Å². The maximum absolute atomic E-state index is 14.4. The number of amides is 2. The molecule has 0 bridgehead atoms. The maximum Gasteiger partial charge on any atom is 0.259 e. The smallest absolute Gasteiger partial charge is 0.259 e. The van der Waals surface area contributed by atoms with Gasteiger partial charge in [-0.3, -0.25) is 14.5 Å². The van der Waals surface area contributed by atoms with Crippen LogP contribution in [0.4, 0.5) is 8.78 Å². The summed E-state index contributed by atoms with van der Waals surface area (Å²) >= 11 is 0. The number of hydrogen-bond acceptors (Lipinski definition) is 3. The van der Waals surface area contributed by atoms with E-state index in [2.05, 4.69) is 6.92 Å². The van der Waals surface area contributed by atoms with Crippen molar-refractivity contribution < 1.29 is 23.1 Å². The van der Waals surface area contributed by atoms with Crippen molar-refractivity contribution in [3.63, 3.8) is 0 Å². The highest BCUT2D eigenvalue weighted by molar-refractivity contribution is 5.98. The molecule has 1 aliphatic carbocycles. The van der Waals surface area contributed by atoms with E-state index < -0.39 is 29.3 Å². The second kappa shape index (κ2) is 7.43. The Hall–Kier alpha value is -2.02. The Balaban J connectivity index is 1.69. The molecule has 4 rings (SSSR count). The number of halogens is 2. The molecule has 2 aliphatic heterocycles. The van der Waals surface area contributed by atoms with Gasteiger partial charge in [-0.2, -0.15) is 0 Å². The van der Waals surface area contributed by atoms with Crippen molar-refractivity contribution in [2.24, 2.45) is 5.92 Å². The predicted octanol–water partition coefficient (Wildman–Crippen LogP) is 3.33. The van der Waals surface area contributed by atoms with Crippen molar-refractivity contribution in [2.45, 2.75) is 57.2 Å². The highest BCUT2D eigenvalue weighted by atomic mass is 19.1. The first-order valence-corrected chi connectivity index (χ1v) is 10.1. The predicted molar refractivity (Wildman–Crippen MR) is 98.4 cm³/mol. The van der Waals surface area contributed by atoms with Crippen LogP contribution in [0.15, 0.2) is 18.2 Å². The SMILES string of the molecule is CC1CCC2(CC1)OC[C@H](C(=O)N1CCCC1)N2C(=O)c1ccc(F)cc1F. The first kappa shape index (κ1) is 19.3. The molecule has 152 valence electrons. The zero-order valence-corrected chi connectivity index (χ0v) is 16.1. The second-order valence-electron chi connectivity index (χ2n) is 8.29. The minimum Gasteiger partial charge on any atom is -0.353 e. The molecular weight excluding hydrogens is 366 g/mol. The summed E-state index contributed by atoms with van der Waals surface area (Å²) in [4.78, 5) is 29.7. The van der Waals surface area contributed by atoms with Gasteiger partial charge in [-0.1, -0.05) is 6.92 Å². The van der Waals surface area contributed by atoms with E-state index in [1.54, 1.807) is 4.90 Å². The van der Waals surface area contributed by atoms with Crippen molar-refractivity contribution in [3.05, 3.63) is 35.4 Å². The molecule has 1 saturated carbocycles. The molecule has 2 saturated heterocycles. The number of carbonyl (C=O) groups is 2. The lowest BCUT2D eigenvalue weighted by atomic mass is 9.83. The molecule has 2 amide bonds. The van der Waals surface area contributed by atoms with Crippen LogP contribution in [-0.4, -0.2) is 53.1 Å². The van der Waals surface area contributed by atoms with E-state index in [9.17, 15) is 18.4 Å². The van der Waals surface area contributed by atoms with E-state index >= 15 is 0 Å². The number of benzene rings is 1. The molecule has 1 spiro atoms. The zero-order valence-electron chi connectivity index (χ0n) is 16.1. The Bertz CT molecular complexity index is 771. The normalized spacial score (nSPS) is 30.2. The third kappa shape index (κ3) is 3.30. The molecule has 1 atom stereocenters. The fourth-order valence-corrected chi connectivity index (χ4v) is 4.71. The first-order chi connectivity index (χ1) is 13.4. The van der Waals surface area contributed by atoms with Crippen molar-refractivity contribution >= 4 is 11.8 Å². The van der Waals surface area contributed by atoms with Gasteiger partial charge < -0.3 is 9.64 Å². The van der Waals surface area contributed by atoms with Crippen LogP contribution in [0.2, 0.25) is 0 Å². The molecule has 5 nitrogen and oxygen atoms in total. The number of nitrogens with zero attached hydrogens (tertiary/aromatic N) is 2. The third-order valence-electron chi connectivity index (χ3n) is 6.40. The van der Waals surface area contributed by atoms with Crippen molar-refractivity contribution in [1.82, 2.24) is 9.80 Å². The van der Waals surface area contributed by atoms with Gasteiger partial charge in [-0.15, -0.1) is 0 Å². The lowest BCUT2D eigenvalue weighted by Gasteiger charge is -2.43. The third-order valence-corrected chi connectivity index (χ3v) is 6.40. The van der Waals surface area contributed by atoms with Crippen LogP contribution in [0, 0.1) is 17.6 Å². The summed E-state index contributed by atoms with van der Waals surface area (Å²) in [6, 6.07) is 2.17. The number of rotatable bonds is 2. The number of hydrogen-bond donors (Lipinski definition) is 0. The molecule has 3 fully saturated rings. The Morgan fingerprint density at radius 2 is 1.82 bits per heavy atom. The number of ether oxygens (including phenoxy) is 1. The standard InChI is InChI=1S/C21H26F2N2O3/c1-14-6-8-21(9-7-14)25(19(26)16-5-4-15(22)12-17(16)23)18(13-28-21)20(27)24-10-2-3-11-24/h4-5,12,14,18H,2-3,6-11,13H2,1H3/t14?,18-,21?/m1/s1. The number of carbonyl (C=O) groups excluding carboxylic acids is 2. The summed E-state index contributed by atoms with van der Waals surface area (Å²) < 4.78 is 33.8. The molecule has 28 heavy (non-hydrogen) atoms. The molecule has 1 aromatic carbocycles. The van der Waals surface area contributed by atoms with Crippen LogP contribution in [0.25, 0.3) is 0 Å². The maximum atomic E-state index is 14.4. The summed E-state index contributed by atoms with van der Waals surface area (Å²) in [6.07, 6.45) is 4.88. The van der Waals surface area contributed by atoms with Gasteiger partial charge in [0, 0.05) is 19.2 Å². The van der Waals surface area contributed by atoms with Crippen LogP contribution < -0.4 is 0 Å². The summed E-state index contributed by atoms with van der Waals surface area (Å²) in [5, 5.41) is 0. The van der Waals surface area contributed by atoms with Gasteiger partial charge >= 0.3 is 0 Å². The molecule has 0 aromatic heterocycles. The lowest BCUT2D eigenvalue weighted by molar-refractivity contribution is -0.136. The van der Waals surface area contributed by atoms with Crippen molar-refractivity contribution in [1.29, 1.82) is 0 Å². The van der Waals surface area contributed by atoms with E-state index in [4.69, 9.17) is 4.74 Å². The fraction of sp³-hybridized carbons (Fsp3) is 0.619. The van der Waals surface area contributed by atoms with E-state index in [0.717, 1.165) is 37.8 Å². The average Bonchev–Trinajstić information content (AvgIpc) is 3.32.